The molecular weight excluding hydrogens is 282 g/mol. The average Bonchev–Trinajstić information content (AvgIpc) is 2.84. The van der Waals surface area contributed by atoms with Crippen molar-refractivity contribution in [1.29, 1.82) is 0 Å². The standard InChI is InChI=1S/C15H23N5S/c1-6-7-16-14-11(4)15(19-13(18-14)10(2)3)21-12-8-17-20(5)9-12/h8-10H,6-7H2,1-5H3,(H,16,18,19). The molecule has 0 aliphatic carbocycles. The lowest BCUT2D eigenvalue weighted by Crippen LogP contribution is -2.09. The number of nitrogens with zero attached hydrogens (tertiary/aromatic N) is 4. The van der Waals surface area contributed by atoms with Crippen LogP contribution in [0.15, 0.2) is 22.3 Å². The lowest BCUT2D eigenvalue weighted by Gasteiger charge is -2.14. The maximum absolute atomic E-state index is 4.72. The van der Waals surface area contributed by atoms with E-state index in [9.17, 15) is 0 Å². The molecule has 1 N–H and O–H groups in total. The van der Waals surface area contributed by atoms with E-state index in [0.717, 1.165) is 40.1 Å². The summed E-state index contributed by atoms with van der Waals surface area (Å²) in [6, 6.07) is 0. The number of hydrogen-bond donors (Lipinski definition) is 1. The first-order valence-corrected chi connectivity index (χ1v) is 8.11. The van der Waals surface area contributed by atoms with Gasteiger partial charge in [-0.25, -0.2) is 9.97 Å². The van der Waals surface area contributed by atoms with E-state index in [0.29, 0.717) is 5.92 Å². The van der Waals surface area contributed by atoms with E-state index in [1.54, 1.807) is 16.4 Å². The third-order valence-electron chi connectivity index (χ3n) is 3.07. The van der Waals surface area contributed by atoms with Crippen LogP contribution in [-0.4, -0.2) is 26.3 Å². The summed E-state index contributed by atoms with van der Waals surface area (Å²) in [5, 5.41) is 8.61. The summed E-state index contributed by atoms with van der Waals surface area (Å²) in [7, 11) is 1.92. The summed E-state index contributed by atoms with van der Waals surface area (Å²) < 4.78 is 1.80. The summed E-state index contributed by atoms with van der Waals surface area (Å²) in [4.78, 5) is 10.5. The third kappa shape index (κ3) is 3.97. The van der Waals surface area contributed by atoms with Gasteiger partial charge in [0.2, 0.25) is 0 Å². The Morgan fingerprint density at radius 1 is 1.33 bits per heavy atom. The Morgan fingerprint density at radius 3 is 2.67 bits per heavy atom. The van der Waals surface area contributed by atoms with Gasteiger partial charge in [0, 0.05) is 31.3 Å². The van der Waals surface area contributed by atoms with E-state index >= 15 is 0 Å². The molecule has 0 amide bonds. The van der Waals surface area contributed by atoms with Crippen molar-refractivity contribution < 1.29 is 0 Å². The first-order valence-electron chi connectivity index (χ1n) is 7.30. The van der Waals surface area contributed by atoms with E-state index < -0.39 is 0 Å². The second-order valence-corrected chi connectivity index (χ2v) is 6.46. The molecule has 0 aliphatic heterocycles. The molecule has 0 saturated carbocycles. The molecule has 2 aromatic heterocycles. The Kier molecular flexibility index (Phi) is 5.22. The second kappa shape index (κ2) is 6.93. The minimum atomic E-state index is 0.307. The maximum atomic E-state index is 4.72. The summed E-state index contributed by atoms with van der Waals surface area (Å²) in [5.74, 6) is 2.13. The van der Waals surface area contributed by atoms with Crippen molar-refractivity contribution in [2.24, 2.45) is 7.05 Å². The topological polar surface area (TPSA) is 55.6 Å². The van der Waals surface area contributed by atoms with Gasteiger partial charge in [0.05, 0.1) is 11.1 Å². The number of rotatable bonds is 6. The summed E-state index contributed by atoms with van der Waals surface area (Å²) in [6.07, 6.45) is 4.94. The van der Waals surface area contributed by atoms with Gasteiger partial charge in [-0.2, -0.15) is 5.10 Å². The quantitative estimate of drug-likeness (QED) is 0.826. The van der Waals surface area contributed by atoms with Crippen LogP contribution >= 0.6 is 11.8 Å². The van der Waals surface area contributed by atoms with Crippen LogP contribution < -0.4 is 5.32 Å². The van der Waals surface area contributed by atoms with Crippen LogP contribution in [0.5, 0.6) is 0 Å². The van der Waals surface area contributed by atoms with Crippen LogP contribution in [-0.2, 0) is 7.05 Å². The van der Waals surface area contributed by atoms with Gasteiger partial charge in [-0.1, -0.05) is 32.5 Å². The Hall–Kier alpha value is -1.56. The number of anilines is 1. The molecule has 21 heavy (non-hydrogen) atoms. The average molecular weight is 305 g/mol. The minimum absolute atomic E-state index is 0.307. The van der Waals surface area contributed by atoms with Crippen molar-refractivity contribution in [3.05, 3.63) is 23.8 Å². The Morgan fingerprint density at radius 2 is 2.10 bits per heavy atom. The van der Waals surface area contributed by atoms with E-state index in [-0.39, 0.29) is 0 Å². The Labute approximate surface area is 130 Å². The van der Waals surface area contributed by atoms with Crippen molar-refractivity contribution >= 4 is 17.6 Å². The molecule has 0 unspecified atom stereocenters. The van der Waals surface area contributed by atoms with Crippen LogP contribution in [0, 0.1) is 6.92 Å². The molecule has 0 spiro atoms. The van der Waals surface area contributed by atoms with Crippen molar-refractivity contribution in [3.8, 4) is 0 Å². The van der Waals surface area contributed by atoms with Crippen molar-refractivity contribution in [1.82, 2.24) is 19.7 Å². The lowest BCUT2D eigenvalue weighted by atomic mass is 10.2. The Balaban J connectivity index is 2.35. The fourth-order valence-electron chi connectivity index (χ4n) is 1.85. The highest BCUT2D eigenvalue weighted by atomic mass is 32.2. The largest absolute Gasteiger partial charge is 0.370 e. The van der Waals surface area contributed by atoms with E-state index in [4.69, 9.17) is 4.98 Å². The molecule has 2 rings (SSSR count). The maximum Gasteiger partial charge on any atom is 0.134 e. The molecule has 5 nitrogen and oxygen atoms in total. The smallest absolute Gasteiger partial charge is 0.134 e. The van der Waals surface area contributed by atoms with Crippen molar-refractivity contribution in [2.45, 2.75) is 50.0 Å². The van der Waals surface area contributed by atoms with Gasteiger partial charge in [0.25, 0.3) is 0 Å². The van der Waals surface area contributed by atoms with Gasteiger partial charge in [0.15, 0.2) is 0 Å². The monoisotopic (exact) mass is 305 g/mol. The molecule has 0 fully saturated rings. The van der Waals surface area contributed by atoms with Gasteiger partial charge < -0.3 is 5.32 Å². The fourth-order valence-corrected chi connectivity index (χ4v) is 2.77. The molecular formula is C15H23N5S. The predicted molar refractivity (Wildman–Crippen MR) is 87.0 cm³/mol. The fraction of sp³-hybridized carbons (Fsp3) is 0.533. The normalized spacial score (nSPS) is 11.1. The van der Waals surface area contributed by atoms with E-state index in [1.807, 2.05) is 19.4 Å². The van der Waals surface area contributed by atoms with E-state index in [2.05, 4.69) is 43.1 Å². The minimum Gasteiger partial charge on any atom is -0.370 e. The second-order valence-electron chi connectivity index (χ2n) is 5.39. The molecule has 0 atom stereocenters. The summed E-state index contributed by atoms with van der Waals surface area (Å²) in [5.41, 5.74) is 1.10. The molecule has 2 aromatic rings. The lowest BCUT2D eigenvalue weighted by molar-refractivity contribution is 0.747. The van der Waals surface area contributed by atoms with Crippen molar-refractivity contribution in [2.75, 3.05) is 11.9 Å². The van der Waals surface area contributed by atoms with Gasteiger partial charge in [0.1, 0.15) is 16.7 Å². The van der Waals surface area contributed by atoms with Gasteiger partial charge in [-0.15, -0.1) is 0 Å². The van der Waals surface area contributed by atoms with Crippen LogP contribution in [0.2, 0.25) is 0 Å². The van der Waals surface area contributed by atoms with Gasteiger partial charge in [-0.05, 0) is 13.3 Å². The SMILES string of the molecule is CCCNc1nc(C(C)C)nc(Sc2cnn(C)c2)c1C. The molecule has 2 heterocycles. The zero-order valence-corrected chi connectivity index (χ0v) is 14.2. The number of aromatic nitrogens is 4. The van der Waals surface area contributed by atoms with Crippen LogP contribution in [0.25, 0.3) is 0 Å². The predicted octanol–water partition coefficient (Wildman–Crippen LogP) is 3.62. The van der Waals surface area contributed by atoms with Crippen molar-refractivity contribution in [3.63, 3.8) is 0 Å². The first kappa shape index (κ1) is 15.8. The zero-order chi connectivity index (χ0) is 15.4. The van der Waals surface area contributed by atoms with Gasteiger partial charge >= 0.3 is 0 Å². The highest BCUT2D eigenvalue weighted by Crippen LogP contribution is 2.32. The number of aryl methyl sites for hydroxylation is 1. The first-order chi connectivity index (χ1) is 10.0. The highest BCUT2D eigenvalue weighted by molar-refractivity contribution is 7.99. The van der Waals surface area contributed by atoms with Crippen LogP contribution in [0.1, 0.15) is 44.5 Å². The number of nitrogens with one attached hydrogen (secondary N) is 1. The Bertz CT molecular complexity index is 606. The molecule has 0 aliphatic rings. The van der Waals surface area contributed by atoms with Crippen LogP contribution in [0.3, 0.4) is 0 Å². The third-order valence-corrected chi connectivity index (χ3v) is 4.11. The van der Waals surface area contributed by atoms with Gasteiger partial charge in [-0.3, -0.25) is 4.68 Å². The molecule has 0 saturated heterocycles. The number of hydrogen-bond acceptors (Lipinski definition) is 5. The van der Waals surface area contributed by atoms with Crippen LogP contribution in [0.4, 0.5) is 5.82 Å². The molecule has 0 bridgehead atoms. The summed E-state index contributed by atoms with van der Waals surface area (Å²) >= 11 is 1.64. The molecule has 0 radical (unpaired) electrons. The molecule has 0 aromatic carbocycles. The molecule has 6 heteroatoms. The summed E-state index contributed by atoms with van der Waals surface area (Å²) in [6.45, 7) is 9.38. The molecule has 114 valence electrons. The zero-order valence-electron chi connectivity index (χ0n) is 13.3. The van der Waals surface area contributed by atoms with E-state index in [1.165, 1.54) is 0 Å². The highest BCUT2D eigenvalue weighted by Gasteiger charge is 2.14.